The molecule has 1 radical (unpaired) electrons. The van der Waals surface area contributed by atoms with E-state index < -0.39 is 22.7 Å². The Bertz CT molecular complexity index is 1330. The van der Waals surface area contributed by atoms with Crippen LogP contribution in [0.5, 0.6) is 11.5 Å². The first-order valence-electron chi connectivity index (χ1n) is 8.67. The Balaban J connectivity index is 1.97. The first kappa shape index (κ1) is 19.6. The van der Waals surface area contributed by atoms with Crippen LogP contribution in [-0.4, -0.2) is 48.2 Å². The number of hydrogen-bond acceptors (Lipinski definition) is 5. The van der Waals surface area contributed by atoms with Gasteiger partial charge in [-0.25, -0.2) is 0 Å². The normalized spacial score (nSPS) is 12.1. The van der Waals surface area contributed by atoms with Crippen molar-refractivity contribution >= 4 is 55.3 Å². The third-order valence-corrected chi connectivity index (χ3v) is 10.7. The molecule has 4 rings (SSSR count). The zero-order chi connectivity index (χ0) is 20.6. The molecule has 147 valence electrons. The van der Waals surface area contributed by atoms with Gasteiger partial charge in [0.15, 0.2) is 0 Å². The summed E-state index contributed by atoms with van der Waals surface area (Å²) in [5.41, 5.74) is 1.10. The van der Waals surface area contributed by atoms with Crippen LogP contribution in [0.15, 0.2) is 65.6 Å². The molecule has 0 aliphatic rings. The second-order valence-electron chi connectivity index (χ2n) is 6.25. The third kappa shape index (κ3) is 3.30. The number of fused-ring (bicyclic) bond motifs is 3. The second-order valence-corrected chi connectivity index (χ2v) is 13.1. The van der Waals surface area contributed by atoms with Crippen molar-refractivity contribution < 1.29 is 22.7 Å². The predicted octanol–water partition coefficient (Wildman–Crippen LogP) is 2.57. The number of hydrogen-bond donors (Lipinski definition) is 0. The number of rotatable bonds is 6. The van der Waals surface area contributed by atoms with E-state index in [9.17, 15) is 13.2 Å². The van der Waals surface area contributed by atoms with Crippen LogP contribution in [0, 0.1) is 0 Å². The number of benzene rings is 3. The molecule has 1 aromatic heterocycles. The van der Waals surface area contributed by atoms with Crippen molar-refractivity contribution in [1.29, 1.82) is 0 Å². The average molecular weight is 470 g/mol. The Hall–Kier alpha value is -2.76. The second kappa shape index (κ2) is 7.58. The summed E-state index contributed by atoms with van der Waals surface area (Å²) < 4.78 is 39.5. The standard InChI is InChI=1S/C21H17AsNO5S/c1-27-15-9-7-14(8-10-15)22-29(25,26)19-12-11-18(28-2)21-20(19)16-5-3-4-6-17(16)23(21)13-24/h3-13H,1-2H3. The van der Waals surface area contributed by atoms with Crippen molar-refractivity contribution in [3.8, 4) is 11.5 Å². The summed E-state index contributed by atoms with van der Waals surface area (Å²) in [6, 6.07) is 17.5. The van der Waals surface area contributed by atoms with Crippen LogP contribution in [0.3, 0.4) is 0 Å². The molecule has 0 saturated carbocycles. The molecule has 0 aliphatic heterocycles. The van der Waals surface area contributed by atoms with Crippen molar-refractivity contribution in [2.75, 3.05) is 14.2 Å². The molecule has 0 bridgehead atoms. The van der Waals surface area contributed by atoms with Gasteiger partial charge in [0.1, 0.15) is 0 Å². The summed E-state index contributed by atoms with van der Waals surface area (Å²) in [6.45, 7) is 0. The van der Waals surface area contributed by atoms with Crippen LogP contribution in [-0.2, 0) is 12.9 Å². The first-order valence-corrected chi connectivity index (χ1v) is 13.3. The van der Waals surface area contributed by atoms with E-state index in [1.54, 1.807) is 49.6 Å². The van der Waals surface area contributed by atoms with Crippen molar-refractivity contribution in [2.45, 2.75) is 4.90 Å². The molecule has 1 heterocycles. The molecular formula is C21H17AsNO5S. The number of aromatic nitrogens is 1. The maximum atomic E-state index is 13.4. The van der Waals surface area contributed by atoms with E-state index in [4.69, 9.17) is 9.47 Å². The number of carbonyl (C=O) groups excluding carboxylic acids is 1. The van der Waals surface area contributed by atoms with Crippen LogP contribution in [0.25, 0.3) is 21.8 Å². The molecule has 0 unspecified atom stereocenters. The Kier molecular flexibility index (Phi) is 5.11. The van der Waals surface area contributed by atoms with Crippen LogP contribution >= 0.6 is 0 Å². The fraction of sp³-hybridized carbons (Fsp3) is 0.0952. The summed E-state index contributed by atoms with van der Waals surface area (Å²) in [5, 5.41) is 1.21. The van der Waals surface area contributed by atoms with E-state index in [0.29, 0.717) is 39.7 Å². The molecule has 0 saturated heterocycles. The van der Waals surface area contributed by atoms with Gasteiger partial charge in [-0.3, -0.25) is 0 Å². The first-order chi connectivity index (χ1) is 14.0. The van der Waals surface area contributed by atoms with E-state index in [1.807, 2.05) is 18.2 Å². The van der Waals surface area contributed by atoms with E-state index >= 15 is 0 Å². The summed E-state index contributed by atoms with van der Waals surface area (Å²) in [4.78, 5) is 12.0. The average Bonchev–Trinajstić information content (AvgIpc) is 3.08. The van der Waals surface area contributed by atoms with Crippen LogP contribution in [0.1, 0.15) is 0 Å². The van der Waals surface area contributed by atoms with Gasteiger partial charge < -0.3 is 0 Å². The van der Waals surface area contributed by atoms with Crippen molar-refractivity contribution in [2.24, 2.45) is 0 Å². The molecular weight excluding hydrogens is 453 g/mol. The maximum absolute atomic E-state index is 13.4. The Morgan fingerprint density at radius 3 is 2.31 bits per heavy atom. The van der Waals surface area contributed by atoms with Gasteiger partial charge in [0, 0.05) is 0 Å². The minimum absolute atomic E-state index is 0.209. The SMILES string of the molecule is COc1ccc([As]S(=O)(=O)c2ccc(OC)c3c2c2ccccc2n3C=O)cc1. The fourth-order valence-corrected chi connectivity index (χ4v) is 8.99. The number of para-hydroxylation sites is 1. The summed E-state index contributed by atoms with van der Waals surface area (Å²) in [6.07, 6.45) is 0.681. The predicted molar refractivity (Wildman–Crippen MR) is 114 cm³/mol. The number of methoxy groups -OCH3 is 2. The van der Waals surface area contributed by atoms with Gasteiger partial charge in [-0.15, -0.1) is 0 Å². The Morgan fingerprint density at radius 1 is 0.931 bits per heavy atom. The zero-order valence-electron chi connectivity index (χ0n) is 15.7. The van der Waals surface area contributed by atoms with E-state index in [1.165, 1.54) is 11.7 Å². The Morgan fingerprint density at radius 2 is 1.66 bits per heavy atom. The molecule has 0 fully saturated rings. The molecule has 6 nitrogen and oxygen atoms in total. The molecule has 3 aromatic carbocycles. The topological polar surface area (TPSA) is 74.6 Å². The van der Waals surface area contributed by atoms with E-state index in [-0.39, 0.29) is 4.90 Å². The molecule has 0 amide bonds. The van der Waals surface area contributed by atoms with Crippen LogP contribution in [0.2, 0.25) is 0 Å². The zero-order valence-corrected chi connectivity index (χ0v) is 18.4. The van der Waals surface area contributed by atoms with E-state index in [2.05, 4.69) is 0 Å². The van der Waals surface area contributed by atoms with Gasteiger partial charge in [-0.05, 0) is 0 Å². The molecule has 0 atom stereocenters. The van der Waals surface area contributed by atoms with Crippen molar-refractivity contribution in [1.82, 2.24) is 4.57 Å². The van der Waals surface area contributed by atoms with E-state index in [0.717, 1.165) is 4.35 Å². The summed E-state index contributed by atoms with van der Waals surface area (Å²) in [7, 11) is -0.538. The minimum atomic E-state index is -3.60. The summed E-state index contributed by atoms with van der Waals surface area (Å²) >= 11 is -1.20. The van der Waals surface area contributed by atoms with Gasteiger partial charge in [0.2, 0.25) is 0 Å². The third-order valence-electron chi connectivity index (χ3n) is 4.68. The van der Waals surface area contributed by atoms with Crippen molar-refractivity contribution in [3.63, 3.8) is 0 Å². The fourth-order valence-electron chi connectivity index (χ4n) is 3.39. The van der Waals surface area contributed by atoms with Gasteiger partial charge in [-0.1, -0.05) is 0 Å². The number of ether oxygens (including phenoxy) is 2. The number of carbonyl (C=O) groups is 1. The van der Waals surface area contributed by atoms with Gasteiger partial charge >= 0.3 is 174 Å². The van der Waals surface area contributed by atoms with Crippen molar-refractivity contribution in [3.05, 3.63) is 60.7 Å². The summed E-state index contributed by atoms with van der Waals surface area (Å²) in [5.74, 6) is 1.12. The van der Waals surface area contributed by atoms with Gasteiger partial charge in [-0.2, -0.15) is 0 Å². The van der Waals surface area contributed by atoms with Gasteiger partial charge in [0.25, 0.3) is 0 Å². The molecule has 0 N–H and O–H groups in total. The van der Waals surface area contributed by atoms with Crippen LogP contribution < -0.4 is 13.8 Å². The molecule has 8 heteroatoms. The van der Waals surface area contributed by atoms with Gasteiger partial charge in [0.05, 0.1) is 0 Å². The number of nitrogens with zero attached hydrogens (tertiary/aromatic N) is 1. The Labute approximate surface area is 173 Å². The molecule has 0 aliphatic carbocycles. The molecule has 0 spiro atoms. The molecule has 4 aromatic rings. The molecule has 29 heavy (non-hydrogen) atoms. The monoisotopic (exact) mass is 470 g/mol. The van der Waals surface area contributed by atoms with Crippen LogP contribution in [0.4, 0.5) is 0 Å². The quantitative estimate of drug-likeness (QED) is 0.320.